The van der Waals surface area contributed by atoms with E-state index >= 15 is 0 Å². The lowest BCUT2D eigenvalue weighted by Gasteiger charge is -2.32. The summed E-state index contributed by atoms with van der Waals surface area (Å²) in [5.74, 6) is 0.208. The van der Waals surface area contributed by atoms with Crippen molar-refractivity contribution in [3.05, 3.63) is 27.9 Å². The fourth-order valence-electron chi connectivity index (χ4n) is 2.58. The molecule has 7 heteroatoms. The van der Waals surface area contributed by atoms with E-state index in [1.807, 2.05) is 0 Å². The molecule has 7 nitrogen and oxygen atoms in total. The lowest BCUT2D eigenvalue weighted by molar-refractivity contribution is -0.385. The normalized spacial score (nSPS) is 16.1. The molecule has 1 saturated heterocycles. The van der Waals surface area contributed by atoms with Crippen molar-refractivity contribution in [1.29, 1.82) is 0 Å². The molecule has 0 spiro atoms. The maximum atomic E-state index is 10.7. The van der Waals surface area contributed by atoms with Gasteiger partial charge in [-0.05, 0) is 31.2 Å². The zero-order valence-electron chi connectivity index (χ0n) is 11.3. The Balaban J connectivity index is 2.03. The molecule has 0 unspecified atom stereocenters. The quantitative estimate of drug-likeness (QED) is 0.668. The number of carboxylic acids is 1. The number of rotatable bonds is 4. The molecule has 20 heavy (non-hydrogen) atoms. The molecule has 0 aliphatic carbocycles. The predicted molar refractivity (Wildman–Crippen MR) is 72.8 cm³/mol. The second kappa shape index (κ2) is 5.85. The predicted octanol–water partition coefficient (Wildman–Crippen LogP) is 1.99. The van der Waals surface area contributed by atoms with Crippen molar-refractivity contribution in [2.24, 2.45) is 5.92 Å². The first-order valence-electron chi connectivity index (χ1n) is 6.55. The lowest BCUT2D eigenvalue weighted by atomic mass is 9.93. The van der Waals surface area contributed by atoms with Gasteiger partial charge in [0.15, 0.2) is 0 Å². The van der Waals surface area contributed by atoms with Crippen LogP contribution in [0.25, 0.3) is 0 Å². The van der Waals surface area contributed by atoms with Crippen molar-refractivity contribution >= 4 is 17.5 Å². The molecule has 2 rings (SSSR count). The molecule has 1 aromatic heterocycles. The van der Waals surface area contributed by atoms with Gasteiger partial charge in [-0.3, -0.25) is 14.9 Å². The Kier molecular flexibility index (Phi) is 4.16. The molecular formula is C13H17N3O4. The highest BCUT2D eigenvalue weighted by Gasteiger charge is 2.23. The molecule has 0 radical (unpaired) electrons. The minimum Gasteiger partial charge on any atom is -0.481 e. The number of aryl methyl sites for hydroxylation is 1. The highest BCUT2D eigenvalue weighted by molar-refractivity contribution is 5.67. The maximum absolute atomic E-state index is 10.7. The number of hydrogen-bond acceptors (Lipinski definition) is 5. The topological polar surface area (TPSA) is 96.6 Å². The van der Waals surface area contributed by atoms with Gasteiger partial charge in [0.2, 0.25) is 0 Å². The van der Waals surface area contributed by atoms with Gasteiger partial charge in [0, 0.05) is 25.6 Å². The Hall–Kier alpha value is -2.18. The summed E-state index contributed by atoms with van der Waals surface area (Å²) in [7, 11) is 0. The molecule has 1 aliphatic heterocycles. The van der Waals surface area contributed by atoms with E-state index < -0.39 is 10.9 Å². The molecular weight excluding hydrogens is 262 g/mol. The summed E-state index contributed by atoms with van der Waals surface area (Å²) in [6.45, 7) is 3.28. The number of carbonyl (C=O) groups is 1. The van der Waals surface area contributed by atoms with Gasteiger partial charge < -0.3 is 10.0 Å². The van der Waals surface area contributed by atoms with Crippen LogP contribution < -0.4 is 4.90 Å². The van der Waals surface area contributed by atoms with Gasteiger partial charge >= 0.3 is 5.97 Å². The molecule has 1 aromatic rings. The molecule has 0 aromatic carbocycles. The largest absolute Gasteiger partial charge is 0.481 e. The van der Waals surface area contributed by atoms with Crippen LogP contribution in [0.15, 0.2) is 12.3 Å². The van der Waals surface area contributed by atoms with Crippen LogP contribution in [-0.4, -0.2) is 34.1 Å². The third-order valence-electron chi connectivity index (χ3n) is 3.62. The van der Waals surface area contributed by atoms with Crippen LogP contribution in [-0.2, 0) is 4.79 Å². The van der Waals surface area contributed by atoms with Crippen molar-refractivity contribution in [2.45, 2.75) is 26.2 Å². The molecule has 0 atom stereocenters. The van der Waals surface area contributed by atoms with E-state index in [4.69, 9.17) is 5.11 Å². The van der Waals surface area contributed by atoms with Crippen LogP contribution in [0.3, 0.4) is 0 Å². The van der Waals surface area contributed by atoms with Gasteiger partial charge in [0.05, 0.1) is 4.92 Å². The van der Waals surface area contributed by atoms with E-state index in [2.05, 4.69) is 9.88 Å². The Morgan fingerprint density at radius 2 is 2.20 bits per heavy atom. The van der Waals surface area contributed by atoms with E-state index in [0.29, 0.717) is 0 Å². The highest BCUT2D eigenvalue weighted by Crippen LogP contribution is 2.27. The third-order valence-corrected chi connectivity index (χ3v) is 3.62. The standard InChI is InChI=1S/C13H17N3O4/c1-9-6-11(16(19)20)8-14-13(9)15-4-2-10(3-5-15)7-12(17)18/h6,8,10H,2-5,7H2,1H3,(H,17,18). The summed E-state index contributed by atoms with van der Waals surface area (Å²) in [6.07, 6.45) is 3.10. The first-order valence-corrected chi connectivity index (χ1v) is 6.55. The van der Waals surface area contributed by atoms with Gasteiger partial charge in [-0.15, -0.1) is 0 Å². The van der Waals surface area contributed by atoms with Crippen LogP contribution in [0.1, 0.15) is 24.8 Å². The van der Waals surface area contributed by atoms with E-state index in [1.54, 1.807) is 6.92 Å². The minimum absolute atomic E-state index is 0.00740. The number of piperidine rings is 1. The smallest absolute Gasteiger partial charge is 0.303 e. The zero-order valence-corrected chi connectivity index (χ0v) is 11.3. The van der Waals surface area contributed by atoms with Crippen LogP contribution in [0.5, 0.6) is 0 Å². The number of pyridine rings is 1. The third kappa shape index (κ3) is 3.23. The Morgan fingerprint density at radius 1 is 1.55 bits per heavy atom. The first-order chi connectivity index (χ1) is 9.47. The lowest BCUT2D eigenvalue weighted by Crippen LogP contribution is -2.35. The van der Waals surface area contributed by atoms with E-state index in [0.717, 1.165) is 37.3 Å². The van der Waals surface area contributed by atoms with Gasteiger partial charge in [-0.2, -0.15) is 0 Å². The number of anilines is 1. The van der Waals surface area contributed by atoms with E-state index in [9.17, 15) is 14.9 Å². The monoisotopic (exact) mass is 279 g/mol. The van der Waals surface area contributed by atoms with Gasteiger partial charge in [-0.25, -0.2) is 4.98 Å². The first kappa shape index (κ1) is 14.2. The Bertz CT molecular complexity index is 524. The fraction of sp³-hybridized carbons (Fsp3) is 0.538. The molecule has 0 saturated carbocycles. The van der Waals surface area contributed by atoms with Crippen LogP contribution in [0.2, 0.25) is 0 Å². The average Bonchev–Trinajstić information content (AvgIpc) is 2.39. The molecule has 1 aliphatic rings. The Morgan fingerprint density at radius 3 is 2.70 bits per heavy atom. The van der Waals surface area contributed by atoms with Crippen molar-refractivity contribution in [1.82, 2.24) is 4.98 Å². The molecule has 2 heterocycles. The molecule has 0 amide bonds. The SMILES string of the molecule is Cc1cc([N+](=O)[O-])cnc1N1CCC(CC(=O)O)CC1. The van der Waals surface area contributed by atoms with Gasteiger partial charge in [0.25, 0.3) is 5.69 Å². The average molecular weight is 279 g/mol. The number of carboxylic acid groups (broad SMARTS) is 1. The highest BCUT2D eigenvalue weighted by atomic mass is 16.6. The van der Waals surface area contributed by atoms with Crippen molar-refractivity contribution in [2.75, 3.05) is 18.0 Å². The van der Waals surface area contributed by atoms with Crippen LogP contribution in [0.4, 0.5) is 11.5 Å². The fourth-order valence-corrected chi connectivity index (χ4v) is 2.58. The van der Waals surface area contributed by atoms with Crippen LogP contribution >= 0.6 is 0 Å². The zero-order chi connectivity index (χ0) is 14.7. The van der Waals surface area contributed by atoms with Gasteiger partial charge in [-0.1, -0.05) is 0 Å². The summed E-state index contributed by atoms with van der Waals surface area (Å²) in [6, 6.07) is 1.52. The maximum Gasteiger partial charge on any atom is 0.303 e. The molecule has 108 valence electrons. The number of aliphatic carboxylic acids is 1. The van der Waals surface area contributed by atoms with E-state index in [1.165, 1.54) is 12.3 Å². The second-order valence-electron chi connectivity index (χ2n) is 5.12. The summed E-state index contributed by atoms with van der Waals surface area (Å²) < 4.78 is 0. The van der Waals surface area contributed by atoms with Crippen molar-refractivity contribution in [3.8, 4) is 0 Å². The van der Waals surface area contributed by atoms with E-state index in [-0.39, 0.29) is 18.0 Å². The van der Waals surface area contributed by atoms with Gasteiger partial charge in [0.1, 0.15) is 12.0 Å². The summed E-state index contributed by atoms with van der Waals surface area (Å²) in [4.78, 5) is 27.2. The van der Waals surface area contributed by atoms with Crippen LogP contribution in [0, 0.1) is 23.0 Å². The summed E-state index contributed by atoms with van der Waals surface area (Å²) in [5, 5.41) is 19.5. The van der Waals surface area contributed by atoms with Crippen molar-refractivity contribution < 1.29 is 14.8 Å². The molecule has 1 N–H and O–H groups in total. The van der Waals surface area contributed by atoms with Crippen molar-refractivity contribution in [3.63, 3.8) is 0 Å². The summed E-state index contributed by atoms with van der Waals surface area (Å²) >= 11 is 0. The number of nitro groups is 1. The number of aromatic nitrogens is 1. The number of hydrogen-bond donors (Lipinski definition) is 1. The Labute approximate surface area is 116 Å². The second-order valence-corrected chi connectivity index (χ2v) is 5.12. The number of nitrogens with zero attached hydrogens (tertiary/aromatic N) is 3. The molecule has 0 bridgehead atoms. The summed E-state index contributed by atoms with van der Waals surface area (Å²) in [5.41, 5.74) is 0.767. The minimum atomic E-state index is -0.756. The molecule has 1 fully saturated rings.